The maximum Gasteiger partial charge on any atom is 0.136 e. The van der Waals surface area contributed by atoms with E-state index in [0.29, 0.717) is 5.15 Å². The van der Waals surface area contributed by atoms with Crippen molar-refractivity contribution in [1.29, 1.82) is 0 Å². The molecule has 0 spiro atoms. The smallest absolute Gasteiger partial charge is 0.136 e. The molecule has 3 nitrogen and oxygen atoms in total. The lowest BCUT2D eigenvalue weighted by atomic mass is 10.1. The van der Waals surface area contributed by atoms with Crippen LogP contribution in [0.2, 0.25) is 5.15 Å². The Bertz CT molecular complexity index is 713. The molecule has 0 aliphatic carbocycles. The molecule has 20 heavy (non-hydrogen) atoms. The van der Waals surface area contributed by atoms with Crippen LogP contribution in [0.4, 0.5) is 5.69 Å². The largest absolute Gasteiger partial charge is 0.321 e. The zero-order valence-corrected chi connectivity index (χ0v) is 11.6. The zero-order valence-electron chi connectivity index (χ0n) is 10.8. The predicted octanol–water partition coefficient (Wildman–Crippen LogP) is 4.00. The van der Waals surface area contributed by atoms with Crippen molar-refractivity contribution in [3.05, 3.63) is 71.5 Å². The summed E-state index contributed by atoms with van der Waals surface area (Å²) >= 11 is 6.05. The Balaban J connectivity index is 1.69. The van der Waals surface area contributed by atoms with Gasteiger partial charge in [0.25, 0.3) is 0 Å². The van der Waals surface area contributed by atoms with Gasteiger partial charge in [0.1, 0.15) is 5.15 Å². The summed E-state index contributed by atoms with van der Waals surface area (Å²) < 4.78 is 0. The molecule has 2 N–H and O–H groups in total. The number of rotatable bonds is 4. The summed E-state index contributed by atoms with van der Waals surface area (Å²) in [6, 6.07) is 18.1. The zero-order chi connectivity index (χ0) is 13.8. The first kappa shape index (κ1) is 12.9. The van der Waals surface area contributed by atoms with E-state index in [1.54, 1.807) is 6.20 Å². The van der Waals surface area contributed by atoms with Crippen molar-refractivity contribution in [3.63, 3.8) is 0 Å². The van der Waals surface area contributed by atoms with Crippen molar-refractivity contribution in [3.8, 4) is 0 Å². The van der Waals surface area contributed by atoms with Gasteiger partial charge >= 0.3 is 0 Å². The molecule has 0 saturated carbocycles. The van der Waals surface area contributed by atoms with E-state index in [-0.39, 0.29) is 0 Å². The number of hydrogen-bond donors (Lipinski definition) is 2. The number of anilines is 1. The molecule has 0 aliphatic heterocycles. The minimum Gasteiger partial charge on any atom is -0.321 e. The SMILES string of the molecule is Clc1nccc2cc(CNNc3ccccc3)ccc12. The van der Waals surface area contributed by atoms with Crippen molar-refractivity contribution in [2.24, 2.45) is 0 Å². The van der Waals surface area contributed by atoms with Crippen LogP contribution in [0.25, 0.3) is 10.8 Å². The number of pyridine rings is 1. The molecule has 4 heteroatoms. The van der Waals surface area contributed by atoms with E-state index in [4.69, 9.17) is 11.6 Å². The van der Waals surface area contributed by atoms with Gasteiger partial charge in [0.15, 0.2) is 0 Å². The number of fused-ring (bicyclic) bond motifs is 1. The molecule has 1 aromatic heterocycles. The number of nitrogens with zero attached hydrogens (tertiary/aromatic N) is 1. The summed E-state index contributed by atoms with van der Waals surface area (Å²) in [5, 5.41) is 2.63. The maximum atomic E-state index is 6.05. The minimum atomic E-state index is 0.546. The van der Waals surface area contributed by atoms with E-state index in [2.05, 4.69) is 28.0 Å². The van der Waals surface area contributed by atoms with Gasteiger partial charge in [-0.25, -0.2) is 10.4 Å². The van der Waals surface area contributed by atoms with E-state index >= 15 is 0 Å². The summed E-state index contributed by atoms with van der Waals surface area (Å²) in [6.45, 7) is 0.727. The Morgan fingerprint density at radius 2 is 1.85 bits per heavy atom. The second-order valence-electron chi connectivity index (χ2n) is 4.50. The molecule has 0 atom stereocenters. The van der Waals surface area contributed by atoms with Gasteiger partial charge in [0.2, 0.25) is 0 Å². The molecule has 1 heterocycles. The van der Waals surface area contributed by atoms with Crippen molar-refractivity contribution in [2.75, 3.05) is 5.43 Å². The first-order valence-corrected chi connectivity index (χ1v) is 6.78. The standard InChI is InChI=1S/C16H14ClN3/c17-16-15-7-6-12(10-13(15)8-9-18-16)11-19-20-14-4-2-1-3-5-14/h1-10,19-20H,11H2. The summed E-state index contributed by atoms with van der Waals surface area (Å²) in [6.07, 6.45) is 1.73. The van der Waals surface area contributed by atoms with Gasteiger partial charge < -0.3 is 5.43 Å². The number of hydrazine groups is 1. The second kappa shape index (κ2) is 5.90. The van der Waals surface area contributed by atoms with Crippen LogP contribution in [0, 0.1) is 0 Å². The molecule has 0 radical (unpaired) electrons. The molecule has 0 aliphatic rings. The third kappa shape index (κ3) is 2.90. The number of aromatic nitrogens is 1. The number of halogens is 1. The van der Waals surface area contributed by atoms with Crippen LogP contribution in [0.15, 0.2) is 60.8 Å². The topological polar surface area (TPSA) is 37.0 Å². The average Bonchev–Trinajstić information content (AvgIpc) is 2.48. The van der Waals surface area contributed by atoms with Crippen LogP contribution >= 0.6 is 11.6 Å². The van der Waals surface area contributed by atoms with Gasteiger partial charge in [0, 0.05) is 23.8 Å². The Kier molecular flexibility index (Phi) is 3.81. The van der Waals surface area contributed by atoms with Crippen molar-refractivity contribution >= 4 is 28.1 Å². The van der Waals surface area contributed by atoms with Crippen LogP contribution in [-0.2, 0) is 6.54 Å². The second-order valence-corrected chi connectivity index (χ2v) is 4.86. The molecule has 0 bridgehead atoms. The third-order valence-corrected chi connectivity index (χ3v) is 3.38. The lowest BCUT2D eigenvalue weighted by molar-refractivity contribution is 0.802. The molecule has 0 fully saturated rings. The van der Waals surface area contributed by atoms with Crippen molar-refractivity contribution in [2.45, 2.75) is 6.54 Å². The average molecular weight is 284 g/mol. The quantitative estimate of drug-likeness (QED) is 0.561. The third-order valence-electron chi connectivity index (χ3n) is 3.08. The lowest BCUT2D eigenvalue weighted by Crippen LogP contribution is -2.20. The van der Waals surface area contributed by atoms with E-state index in [9.17, 15) is 0 Å². The van der Waals surface area contributed by atoms with Gasteiger partial charge in [-0.3, -0.25) is 0 Å². The molecule has 100 valence electrons. The van der Waals surface area contributed by atoms with E-state index in [1.807, 2.05) is 42.5 Å². The highest BCUT2D eigenvalue weighted by molar-refractivity contribution is 6.34. The van der Waals surface area contributed by atoms with Crippen molar-refractivity contribution in [1.82, 2.24) is 10.4 Å². The molecular formula is C16H14ClN3. The molecule has 0 unspecified atom stereocenters. The summed E-state index contributed by atoms with van der Waals surface area (Å²) in [5.41, 5.74) is 8.59. The molecular weight excluding hydrogens is 270 g/mol. The normalized spacial score (nSPS) is 10.7. The Labute approximate surface area is 122 Å². The summed E-state index contributed by atoms with van der Waals surface area (Å²) in [5.74, 6) is 0. The fourth-order valence-corrected chi connectivity index (χ4v) is 2.30. The van der Waals surface area contributed by atoms with Crippen LogP contribution in [0.5, 0.6) is 0 Å². The van der Waals surface area contributed by atoms with Crippen LogP contribution in [-0.4, -0.2) is 4.98 Å². The van der Waals surface area contributed by atoms with Crippen LogP contribution < -0.4 is 10.9 Å². The number of benzene rings is 2. The Hall–Kier alpha value is -2.10. The predicted molar refractivity (Wildman–Crippen MR) is 83.7 cm³/mol. The lowest BCUT2D eigenvalue weighted by Gasteiger charge is -2.09. The minimum absolute atomic E-state index is 0.546. The highest BCUT2D eigenvalue weighted by Crippen LogP contribution is 2.21. The summed E-state index contributed by atoms with van der Waals surface area (Å²) in [4.78, 5) is 4.08. The molecule has 2 aromatic carbocycles. The van der Waals surface area contributed by atoms with E-state index in [0.717, 1.165) is 23.0 Å². The fourth-order valence-electron chi connectivity index (χ4n) is 2.07. The molecule has 0 amide bonds. The monoisotopic (exact) mass is 283 g/mol. The first-order chi connectivity index (χ1) is 9.83. The molecule has 3 rings (SSSR count). The Morgan fingerprint density at radius 3 is 2.70 bits per heavy atom. The van der Waals surface area contributed by atoms with Crippen molar-refractivity contribution < 1.29 is 0 Å². The first-order valence-electron chi connectivity index (χ1n) is 6.40. The molecule has 0 saturated heterocycles. The van der Waals surface area contributed by atoms with E-state index < -0.39 is 0 Å². The highest BCUT2D eigenvalue weighted by atomic mass is 35.5. The number of para-hydroxylation sites is 1. The summed E-state index contributed by atoms with van der Waals surface area (Å²) in [7, 11) is 0. The van der Waals surface area contributed by atoms with Gasteiger partial charge in [-0.05, 0) is 35.2 Å². The Morgan fingerprint density at radius 1 is 1.00 bits per heavy atom. The van der Waals surface area contributed by atoms with Gasteiger partial charge in [-0.2, -0.15) is 0 Å². The fraction of sp³-hybridized carbons (Fsp3) is 0.0625. The van der Waals surface area contributed by atoms with Crippen LogP contribution in [0.3, 0.4) is 0 Å². The highest BCUT2D eigenvalue weighted by Gasteiger charge is 2.01. The van der Waals surface area contributed by atoms with Gasteiger partial charge in [-0.1, -0.05) is 41.9 Å². The molecule has 3 aromatic rings. The number of hydrogen-bond acceptors (Lipinski definition) is 3. The van der Waals surface area contributed by atoms with E-state index in [1.165, 1.54) is 5.56 Å². The maximum absolute atomic E-state index is 6.05. The van der Waals surface area contributed by atoms with Crippen LogP contribution in [0.1, 0.15) is 5.56 Å². The van der Waals surface area contributed by atoms with Gasteiger partial charge in [-0.15, -0.1) is 0 Å². The van der Waals surface area contributed by atoms with Gasteiger partial charge in [0.05, 0.1) is 0 Å². The number of nitrogens with one attached hydrogen (secondary N) is 2.